The van der Waals surface area contributed by atoms with Gasteiger partial charge in [0.2, 0.25) is 5.91 Å². The van der Waals surface area contributed by atoms with Crippen LogP contribution in [0.5, 0.6) is 0 Å². The molecule has 5 heteroatoms. The topological polar surface area (TPSA) is 75.4 Å². The van der Waals surface area contributed by atoms with Gasteiger partial charge in [0.15, 0.2) is 0 Å². The van der Waals surface area contributed by atoms with Crippen molar-refractivity contribution in [2.24, 2.45) is 5.73 Å². The quantitative estimate of drug-likeness (QED) is 0.449. The molecule has 0 aromatic rings. The van der Waals surface area contributed by atoms with Gasteiger partial charge in [0.25, 0.3) is 0 Å². The second-order valence-corrected chi connectivity index (χ2v) is 2.25. The first-order chi connectivity index (χ1) is 4.20. The predicted molar refractivity (Wildman–Crippen MR) is 38.9 cm³/mol. The summed E-state index contributed by atoms with van der Waals surface area (Å²) in [6, 6.07) is -0.319. The van der Waals surface area contributed by atoms with Crippen molar-refractivity contribution in [3.05, 3.63) is 0 Å². The Labute approximate surface area is 65.2 Å². The molecular weight excluding hydrogens is 156 g/mol. The largest absolute Gasteiger partial charge is 0.392 e. The van der Waals surface area contributed by atoms with E-state index in [2.05, 4.69) is 5.32 Å². The van der Waals surface area contributed by atoms with Gasteiger partial charge in [0.1, 0.15) is 0 Å². The molecule has 0 spiro atoms. The number of aliphatic hydroxyl groups is 1. The van der Waals surface area contributed by atoms with Crippen LogP contribution >= 0.6 is 12.4 Å². The Morgan fingerprint density at radius 1 is 1.70 bits per heavy atom. The zero-order chi connectivity index (χ0) is 6.85. The summed E-state index contributed by atoms with van der Waals surface area (Å²) in [4.78, 5) is 10.4. The summed E-state index contributed by atoms with van der Waals surface area (Å²) in [6.45, 7) is 0.480. The standard InChI is InChI=1S/C5H10N2O2.ClH/c6-5(9)4-1-3(8)2-7-4;/h3-4,7-8H,1-2H2,(H2,6,9);1H/t3-,4-;/m1./s1. The van der Waals surface area contributed by atoms with Crippen LogP contribution in [-0.4, -0.2) is 29.7 Å². The zero-order valence-corrected chi connectivity index (χ0v) is 6.23. The normalized spacial score (nSPS) is 31.3. The molecule has 0 unspecified atom stereocenters. The lowest BCUT2D eigenvalue weighted by atomic mass is 10.2. The van der Waals surface area contributed by atoms with Crippen LogP contribution in [0.3, 0.4) is 0 Å². The van der Waals surface area contributed by atoms with Crippen LogP contribution in [-0.2, 0) is 4.79 Å². The van der Waals surface area contributed by atoms with E-state index in [0.717, 1.165) is 0 Å². The van der Waals surface area contributed by atoms with Gasteiger partial charge in [-0.2, -0.15) is 0 Å². The van der Waals surface area contributed by atoms with E-state index in [9.17, 15) is 4.79 Å². The van der Waals surface area contributed by atoms with E-state index in [0.29, 0.717) is 13.0 Å². The molecule has 1 aliphatic heterocycles. The minimum absolute atomic E-state index is 0. The summed E-state index contributed by atoms with van der Waals surface area (Å²) < 4.78 is 0. The second kappa shape index (κ2) is 3.75. The van der Waals surface area contributed by atoms with E-state index in [1.807, 2.05) is 0 Å². The molecule has 60 valence electrons. The molecule has 1 saturated heterocycles. The Balaban J connectivity index is 0.000000810. The summed E-state index contributed by atoms with van der Waals surface area (Å²) in [5.41, 5.74) is 4.95. The van der Waals surface area contributed by atoms with E-state index < -0.39 is 6.10 Å². The van der Waals surface area contributed by atoms with Crippen LogP contribution in [0.2, 0.25) is 0 Å². The number of carbonyl (C=O) groups excluding carboxylic acids is 1. The van der Waals surface area contributed by atoms with Crippen LogP contribution in [0.4, 0.5) is 0 Å². The molecular formula is C5H11ClN2O2. The van der Waals surface area contributed by atoms with Gasteiger partial charge in [0.05, 0.1) is 12.1 Å². The molecule has 10 heavy (non-hydrogen) atoms. The molecule has 0 aromatic heterocycles. The van der Waals surface area contributed by atoms with Gasteiger partial charge < -0.3 is 16.2 Å². The Kier molecular flexibility index (Phi) is 3.63. The minimum Gasteiger partial charge on any atom is -0.392 e. The van der Waals surface area contributed by atoms with Crippen LogP contribution < -0.4 is 11.1 Å². The van der Waals surface area contributed by atoms with E-state index in [-0.39, 0.29) is 24.4 Å². The number of primary amides is 1. The Morgan fingerprint density at radius 3 is 2.50 bits per heavy atom. The van der Waals surface area contributed by atoms with Crippen molar-refractivity contribution in [1.29, 1.82) is 0 Å². The molecule has 1 rings (SSSR count). The average molecular weight is 167 g/mol. The summed E-state index contributed by atoms with van der Waals surface area (Å²) in [5.74, 6) is -0.383. The maximum Gasteiger partial charge on any atom is 0.234 e. The van der Waals surface area contributed by atoms with Gasteiger partial charge in [-0.1, -0.05) is 0 Å². The predicted octanol–water partition coefficient (Wildman–Crippen LogP) is -1.38. The van der Waals surface area contributed by atoms with Gasteiger partial charge in [-0.25, -0.2) is 0 Å². The summed E-state index contributed by atoms with van der Waals surface area (Å²) in [7, 11) is 0. The Hall–Kier alpha value is -0.320. The van der Waals surface area contributed by atoms with Crippen molar-refractivity contribution in [1.82, 2.24) is 5.32 Å². The fraction of sp³-hybridized carbons (Fsp3) is 0.800. The number of nitrogens with one attached hydrogen (secondary N) is 1. The molecule has 2 atom stereocenters. The first kappa shape index (κ1) is 9.68. The van der Waals surface area contributed by atoms with Crippen molar-refractivity contribution in [2.75, 3.05) is 6.54 Å². The van der Waals surface area contributed by atoms with Crippen molar-refractivity contribution >= 4 is 18.3 Å². The van der Waals surface area contributed by atoms with Crippen LogP contribution in [0.25, 0.3) is 0 Å². The Bertz CT molecular complexity index is 131. The van der Waals surface area contributed by atoms with E-state index in [1.54, 1.807) is 0 Å². The van der Waals surface area contributed by atoms with Crippen LogP contribution in [0.1, 0.15) is 6.42 Å². The summed E-state index contributed by atoms with van der Waals surface area (Å²) in [5, 5.41) is 11.7. The van der Waals surface area contributed by atoms with Gasteiger partial charge >= 0.3 is 0 Å². The van der Waals surface area contributed by atoms with E-state index in [4.69, 9.17) is 10.8 Å². The number of rotatable bonds is 1. The number of β-amino-alcohol motifs (C(OH)–C–C–N with tert-alkyl or cyclic N) is 1. The van der Waals surface area contributed by atoms with Crippen LogP contribution in [0.15, 0.2) is 0 Å². The number of hydrogen-bond acceptors (Lipinski definition) is 3. The highest BCUT2D eigenvalue weighted by molar-refractivity contribution is 5.85. The number of amides is 1. The number of halogens is 1. The van der Waals surface area contributed by atoms with Gasteiger partial charge in [-0.05, 0) is 6.42 Å². The third-order valence-corrected chi connectivity index (χ3v) is 1.45. The molecule has 4 nitrogen and oxygen atoms in total. The van der Waals surface area contributed by atoms with Crippen molar-refractivity contribution in [3.63, 3.8) is 0 Å². The maximum absolute atomic E-state index is 10.4. The average Bonchev–Trinajstić information content (AvgIpc) is 2.14. The lowest BCUT2D eigenvalue weighted by Crippen LogP contribution is -2.36. The lowest BCUT2D eigenvalue weighted by molar-refractivity contribution is -0.119. The molecule has 1 heterocycles. The zero-order valence-electron chi connectivity index (χ0n) is 5.41. The van der Waals surface area contributed by atoms with E-state index >= 15 is 0 Å². The number of hydrogen-bond donors (Lipinski definition) is 3. The van der Waals surface area contributed by atoms with Crippen molar-refractivity contribution in [2.45, 2.75) is 18.6 Å². The highest BCUT2D eigenvalue weighted by Gasteiger charge is 2.25. The smallest absolute Gasteiger partial charge is 0.234 e. The molecule has 0 aliphatic carbocycles. The molecule has 0 bridgehead atoms. The number of aliphatic hydroxyl groups excluding tert-OH is 1. The first-order valence-corrected chi connectivity index (χ1v) is 2.91. The fourth-order valence-electron chi connectivity index (χ4n) is 0.934. The lowest BCUT2D eigenvalue weighted by Gasteiger charge is -2.01. The van der Waals surface area contributed by atoms with Gasteiger partial charge in [-0.3, -0.25) is 4.79 Å². The highest BCUT2D eigenvalue weighted by Crippen LogP contribution is 2.04. The van der Waals surface area contributed by atoms with E-state index in [1.165, 1.54) is 0 Å². The maximum atomic E-state index is 10.4. The van der Waals surface area contributed by atoms with Crippen LogP contribution in [0, 0.1) is 0 Å². The Morgan fingerprint density at radius 2 is 2.30 bits per heavy atom. The third kappa shape index (κ3) is 2.13. The van der Waals surface area contributed by atoms with Gasteiger partial charge in [0, 0.05) is 6.54 Å². The van der Waals surface area contributed by atoms with Crippen molar-refractivity contribution < 1.29 is 9.90 Å². The first-order valence-electron chi connectivity index (χ1n) is 2.91. The summed E-state index contributed by atoms with van der Waals surface area (Å²) in [6.07, 6.45) is 0.0532. The number of nitrogens with two attached hydrogens (primary N) is 1. The molecule has 0 aromatic carbocycles. The highest BCUT2D eigenvalue weighted by atomic mass is 35.5. The molecule has 1 aliphatic rings. The second-order valence-electron chi connectivity index (χ2n) is 2.25. The molecule has 1 amide bonds. The molecule has 0 radical (unpaired) electrons. The SMILES string of the molecule is Cl.NC(=O)[C@H]1C[C@@H](O)CN1. The molecule has 1 fully saturated rings. The minimum atomic E-state index is -0.400. The third-order valence-electron chi connectivity index (χ3n) is 1.45. The van der Waals surface area contributed by atoms with Gasteiger partial charge in [-0.15, -0.1) is 12.4 Å². The van der Waals surface area contributed by atoms with Crippen molar-refractivity contribution in [3.8, 4) is 0 Å². The molecule has 0 saturated carbocycles. The summed E-state index contributed by atoms with van der Waals surface area (Å²) >= 11 is 0. The fourth-order valence-corrected chi connectivity index (χ4v) is 0.934. The monoisotopic (exact) mass is 166 g/mol. The molecule has 4 N–H and O–H groups in total. The number of carbonyl (C=O) groups is 1.